The molecule has 0 atom stereocenters. The summed E-state index contributed by atoms with van der Waals surface area (Å²) in [6.07, 6.45) is 1.71. The van der Waals surface area contributed by atoms with E-state index >= 15 is 0 Å². The van der Waals surface area contributed by atoms with Crippen molar-refractivity contribution in [3.05, 3.63) is 64.8 Å². The maximum Gasteiger partial charge on any atom is 0.195 e. The third-order valence-electron chi connectivity index (χ3n) is 3.22. The van der Waals surface area contributed by atoms with Gasteiger partial charge in [-0.3, -0.25) is 4.79 Å². The Labute approximate surface area is 121 Å². The van der Waals surface area contributed by atoms with Gasteiger partial charge in [0.05, 0.1) is 7.11 Å². The highest BCUT2D eigenvalue weighted by molar-refractivity contribution is 6.31. The number of methoxy groups -OCH3 is 1. The second-order valence-electron chi connectivity index (χ2n) is 4.45. The first-order chi connectivity index (χ1) is 9.69. The molecule has 20 heavy (non-hydrogen) atoms. The van der Waals surface area contributed by atoms with E-state index in [0.29, 0.717) is 21.9 Å². The smallest absolute Gasteiger partial charge is 0.195 e. The number of ketones is 1. The maximum atomic E-state index is 12.6. The molecule has 1 heterocycles. The molecule has 0 spiro atoms. The molecule has 0 aliphatic rings. The van der Waals surface area contributed by atoms with Crippen molar-refractivity contribution in [1.82, 2.24) is 4.98 Å². The number of nitrogens with one attached hydrogen (secondary N) is 1. The normalized spacial score (nSPS) is 10.7. The van der Waals surface area contributed by atoms with Crippen LogP contribution in [0.2, 0.25) is 5.02 Å². The summed E-state index contributed by atoms with van der Waals surface area (Å²) in [5, 5.41) is 1.43. The zero-order valence-corrected chi connectivity index (χ0v) is 11.6. The lowest BCUT2D eigenvalue weighted by Crippen LogP contribution is -2.00. The Morgan fingerprint density at radius 3 is 2.85 bits per heavy atom. The SMILES string of the molecule is COc1cccc(C(=O)c2c[nH]c3ccc(Cl)cc23)c1. The monoisotopic (exact) mass is 285 g/mol. The fourth-order valence-electron chi connectivity index (χ4n) is 2.20. The molecule has 0 unspecified atom stereocenters. The minimum atomic E-state index is -0.0579. The highest BCUT2D eigenvalue weighted by Crippen LogP contribution is 2.25. The average molecular weight is 286 g/mol. The van der Waals surface area contributed by atoms with Crippen LogP contribution in [0, 0.1) is 0 Å². The van der Waals surface area contributed by atoms with E-state index in [1.54, 1.807) is 43.6 Å². The fourth-order valence-corrected chi connectivity index (χ4v) is 2.37. The summed E-state index contributed by atoms with van der Waals surface area (Å²) in [5.74, 6) is 0.603. The van der Waals surface area contributed by atoms with Gasteiger partial charge in [0.1, 0.15) is 5.75 Å². The Bertz CT molecular complexity index is 792. The Kier molecular flexibility index (Phi) is 3.20. The topological polar surface area (TPSA) is 42.1 Å². The van der Waals surface area contributed by atoms with Crippen LogP contribution in [-0.4, -0.2) is 17.9 Å². The van der Waals surface area contributed by atoms with Gasteiger partial charge in [0.15, 0.2) is 5.78 Å². The average Bonchev–Trinajstić information content (AvgIpc) is 2.89. The van der Waals surface area contributed by atoms with Gasteiger partial charge in [0, 0.05) is 33.2 Å². The minimum Gasteiger partial charge on any atom is -0.497 e. The summed E-state index contributed by atoms with van der Waals surface area (Å²) < 4.78 is 5.15. The van der Waals surface area contributed by atoms with Crippen LogP contribution in [0.3, 0.4) is 0 Å². The molecule has 0 aliphatic heterocycles. The van der Waals surface area contributed by atoms with Gasteiger partial charge in [-0.2, -0.15) is 0 Å². The van der Waals surface area contributed by atoms with Crippen molar-refractivity contribution in [3.63, 3.8) is 0 Å². The van der Waals surface area contributed by atoms with Crippen molar-refractivity contribution in [1.29, 1.82) is 0 Å². The number of aromatic nitrogens is 1. The quantitative estimate of drug-likeness (QED) is 0.737. The number of benzene rings is 2. The third-order valence-corrected chi connectivity index (χ3v) is 3.46. The highest BCUT2D eigenvalue weighted by atomic mass is 35.5. The van der Waals surface area contributed by atoms with Gasteiger partial charge in [-0.1, -0.05) is 23.7 Å². The zero-order valence-electron chi connectivity index (χ0n) is 10.8. The van der Waals surface area contributed by atoms with Gasteiger partial charge in [-0.15, -0.1) is 0 Å². The maximum absolute atomic E-state index is 12.6. The number of fused-ring (bicyclic) bond motifs is 1. The van der Waals surface area contributed by atoms with E-state index in [-0.39, 0.29) is 5.78 Å². The number of rotatable bonds is 3. The largest absolute Gasteiger partial charge is 0.497 e. The molecular formula is C16H12ClNO2. The van der Waals surface area contributed by atoms with E-state index in [4.69, 9.17) is 16.3 Å². The molecule has 3 rings (SSSR count). The predicted octanol–water partition coefficient (Wildman–Crippen LogP) is 4.06. The molecule has 100 valence electrons. The van der Waals surface area contributed by atoms with E-state index in [2.05, 4.69) is 4.98 Å². The van der Waals surface area contributed by atoms with E-state index in [1.165, 1.54) is 0 Å². The number of halogens is 1. The standard InChI is InChI=1S/C16H12ClNO2/c1-20-12-4-2-3-10(7-12)16(19)14-9-18-15-6-5-11(17)8-13(14)15/h2-9,18H,1H3. The van der Waals surface area contributed by atoms with E-state index in [9.17, 15) is 4.79 Å². The van der Waals surface area contributed by atoms with Crippen molar-refractivity contribution >= 4 is 28.3 Å². The van der Waals surface area contributed by atoms with Crippen LogP contribution < -0.4 is 4.74 Å². The molecule has 0 radical (unpaired) electrons. The molecule has 1 N–H and O–H groups in total. The molecular weight excluding hydrogens is 274 g/mol. The van der Waals surface area contributed by atoms with Crippen LogP contribution in [0.4, 0.5) is 0 Å². The molecule has 4 heteroatoms. The Balaban J connectivity index is 2.10. The number of hydrogen-bond acceptors (Lipinski definition) is 2. The molecule has 3 nitrogen and oxygen atoms in total. The Morgan fingerprint density at radius 1 is 1.20 bits per heavy atom. The van der Waals surface area contributed by atoms with Crippen molar-refractivity contribution < 1.29 is 9.53 Å². The van der Waals surface area contributed by atoms with E-state index in [1.807, 2.05) is 12.1 Å². The number of carbonyl (C=O) groups is 1. The van der Waals surface area contributed by atoms with Gasteiger partial charge in [0.25, 0.3) is 0 Å². The van der Waals surface area contributed by atoms with Crippen molar-refractivity contribution in [2.24, 2.45) is 0 Å². The first-order valence-electron chi connectivity index (χ1n) is 6.14. The van der Waals surface area contributed by atoms with Crippen LogP contribution in [-0.2, 0) is 0 Å². The second kappa shape index (κ2) is 5.02. The highest BCUT2D eigenvalue weighted by Gasteiger charge is 2.15. The number of carbonyl (C=O) groups excluding carboxylic acids is 1. The Hall–Kier alpha value is -2.26. The molecule has 0 bridgehead atoms. The van der Waals surface area contributed by atoms with Crippen LogP contribution in [0.5, 0.6) is 5.75 Å². The summed E-state index contributed by atoms with van der Waals surface area (Å²) >= 11 is 6.00. The second-order valence-corrected chi connectivity index (χ2v) is 4.89. The summed E-state index contributed by atoms with van der Waals surface area (Å²) in [6, 6.07) is 12.6. The molecule has 2 aromatic carbocycles. The lowest BCUT2D eigenvalue weighted by atomic mass is 10.0. The van der Waals surface area contributed by atoms with Crippen LogP contribution in [0.15, 0.2) is 48.7 Å². The van der Waals surface area contributed by atoms with Crippen molar-refractivity contribution in [2.75, 3.05) is 7.11 Å². The molecule has 0 saturated carbocycles. The molecule has 0 aliphatic carbocycles. The summed E-state index contributed by atoms with van der Waals surface area (Å²) in [6.45, 7) is 0. The number of ether oxygens (including phenoxy) is 1. The Morgan fingerprint density at radius 2 is 2.05 bits per heavy atom. The van der Waals surface area contributed by atoms with Gasteiger partial charge in [0.2, 0.25) is 0 Å². The number of aromatic amines is 1. The van der Waals surface area contributed by atoms with Crippen LogP contribution in [0.25, 0.3) is 10.9 Å². The summed E-state index contributed by atoms with van der Waals surface area (Å²) in [5.41, 5.74) is 2.08. The van der Waals surface area contributed by atoms with Gasteiger partial charge < -0.3 is 9.72 Å². The number of hydrogen-bond donors (Lipinski definition) is 1. The molecule has 0 saturated heterocycles. The number of H-pyrrole nitrogens is 1. The lowest BCUT2D eigenvalue weighted by molar-refractivity contribution is 0.104. The summed E-state index contributed by atoms with van der Waals surface area (Å²) in [7, 11) is 1.58. The third kappa shape index (κ3) is 2.17. The van der Waals surface area contributed by atoms with E-state index < -0.39 is 0 Å². The molecule has 3 aromatic rings. The van der Waals surface area contributed by atoms with Crippen LogP contribution in [0.1, 0.15) is 15.9 Å². The van der Waals surface area contributed by atoms with E-state index in [0.717, 1.165) is 10.9 Å². The van der Waals surface area contributed by atoms with Gasteiger partial charge in [-0.25, -0.2) is 0 Å². The first-order valence-corrected chi connectivity index (χ1v) is 6.52. The predicted molar refractivity (Wildman–Crippen MR) is 79.7 cm³/mol. The van der Waals surface area contributed by atoms with Crippen molar-refractivity contribution in [2.45, 2.75) is 0 Å². The fraction of sp³-hybridized carbons (Fsp3) is 0.0625. The lowest BCUT2D eigenvalue weighted by Gasteiger charge is -2.03. The molecule has 0 amide bonds. The summed E-state index contributed by atoms with van der Waals surface area (Å²) in [4.78, 5) is 15.7. The minimum absolute atomic E-state index is 0.0579. The van der Waals surface area contributed by atoms with Gasteiger partial charge >= 0.3 is 0 Å². The zero-order chi connectivity index (χ0) is 14.1. The van der Waals surface area contributed by atoms with Crippen molar-refractivity contribution in [3.8, 4) is 5.75 Å². The first kappa shape index (κ1) is 12.8. The van der Waals surface area contributed by atoms with Crippen LogP contribution >= 0.6 is 11.6 Å². The molecule has 0 fully saturated rings. The molecule has 1 aromatic heterocycles. The van der Waals surface area contributed by atoms with Gasteiger partial charge in [-0.05, 0) is 30.3 Å².